The first-order valence-electron chi connectivity index (χ1n) is 12.8. The number of aliphatic hydroxyl groups excluding tert-OH is 2. The Morgan fingerprint density at radius 3 is 2.17 bits per heavy atom. The van der Waals surface area contributed by atoms with Crippen LogP contribution < -0.4 is 0 Å². The third kappa shape index (κ3) is 6.57. The SMILES string of the molecule is CCCCN(CCCC)CCCN1[C@H](O)C(=O)C(=C(O)c2ccc(C)cc2)[C@@H]1c1ccccc1F. The van der Waals surface area contributed by atoms with Crippen LogP contribution in [-0.2, 0) is 4.79 Å². The molecular formula is C29H39FN2O3. The molecule has 1 saturated heterocycles. The van der Waals surface area contributed by atoms with E-state index in [2.05, 4.69) is 18.7 Å². The zero-order valence-corrected chi connectivity index (χ0v) is 21.2. The summed E-state index contributed by atoms with van der Waals surface area (Å²) in [6.45, 7) is 9.58. The number of benzene rings is 2. The Kier molecular flexibility index (Phi) is 10.0. The highest BCUT2D eigenvalue weighted by atomic mass is 19.1. The summed E-state index contributed by atoms with van der Waals surface area (Å²) in [4.78, 5) is 17.3. The molecule has 0 radical (unpaired) electrons. The van der Waals surface area contributed by atoms with Gasteiger partial charge in [0.1, 0.15) is 11.6 Å². The van der Waals surface area contributed by atoms with Crippen LogP contribution in [0.2, 0.25) is 0 Å². The number of carbonyl (C=O) groups is 1. The van der Waals surface area contributed by atoms with Crippen molar-refractivity contribution in [1.82, 2.24) is 9.80 Å². The molecule has 0 saturated carbocycles. The molecule has 5 nitrogen and oxygen atoms in total. The smallest absolute Gasteiger partial charge is 0.208 e. The van der Waals surface area contributed by atoms with Crippen molar-refractivity contribution in [2.24, 2.45) is 0 Å². The number of aryl methyl sites for hydroxylation is 1. The lowest BCUT2D eigenvalue weighted by Gasteiger charge is -2.29. The molecule has 3 rings (SSSR count). The van der Waals surface area contributed by atoms with Gasteiger partial charge in [0.05, 0.1) is 11.6 Å². The zero-order valence-electron chi connectivity index (χ0n) is 21.2. The average Bonchev–Trinajstić information content (AvgIpc) is 3.10. The van der Waals surface area contributed by atoms with Gasteiger partial charge in [0.25, 0.3) is 0 Å². The van der Waals surface area contributed by atoms with Crippen molar-refractivity contribution in [3.8, 4) is 0 Å². The molecule has 6 heteroatoms. The van der Waals surface area contributed by atoms with Crippen LogP contribution in [0.5, 0.6) is 0 Å². The number of Topliss-reactive ketones (excluding diaryl/α,β-unsaturated/α-hetero) is 1. The molecule has 0 aromatic heterocycles. The monoisotopic (exact) mass is 482 g/mol. The maximum absolute atomic E-state index is 15.0. The van der Waals surface area contributed by atoms with Crippen LogP contribution in [0.3, 0.4) is 0 Å². The third-order valence-electron chi connectivity index (χ3n) is 6.75. The molecule has 1 aliphatic rings. The number of ketones is 1. The molecule has 35 heavy (non-hydrogen) atoms. The summed E-state index contributed by atoms with van der Waals surface area (Å²) in [5.74, 6) is -1.26. The topological polar surface area (TPSA) is 64.0 Å². The first kappa shape index (κ1) is 27.1. The Morgan fingerprint density at radius 2 is 1.57 bits per heavy atom. The van der Waals surface area contributed by atoms with Gasteiger partial charge in [0, 0.05) is 17.7 Å². The lowest BCUT2D eigenvalue weighted by Crippen LogP contribution is -2.37. The number of carbonyl (C=O) groups excluding carboxylic acids is 1. The van der Waals surface area contributed by atoms with Gasteiger partial charge in [-0.15, -0.1) is 0 Å². The average molecular weight is 483 g/mol. The lowest BCUT2D eigenvalue weighted by molar-refractivity contribution is -0.127. The van der Waals surface area contributed by atoms with E-state index in [9.17, 15) is 19.4 Å². The van der Waals surface area contributed by atoms with E-state index in [4.69, 9.17) is 0 Å². The second kappa shape index (κ2) is 13.0. The van der Waals surface area contributed by atoms with Crippen molar-refractivity contribution >= 4 is 11.5 Å². The van der Waals surface area contributed by atoms with E-state index in [1.54, 1.807) is 35.2 Å². The number of halogens is 1. The van der Waals surface area contributed by atoms with Gasteiger partial charge in [0.2, 0.25) is 5.78 Å². The molecule has 0 aliphatic carbocycles. The minimum atomic E-state index is -1.43. The van der Waals surface area contributed by atoms with Gasteiger partial charge < -0.3 is 15.1 Å². The van der Waals surface area contributed by atoms with E-state index in [0.717, 1.165) is 57.3 Å². The highest BCUT2D eigenvalue weighted by Crippen LogP contribution is 2.41. The first-order valence-corrected chi connectivity index (χ1v) is 12.8. The standard InChI is InChI=1S/C29H39FN2O3/c1-4-6-17-31(18-7-5-2)19-10-20-32-26(23-11-8-9-12-24(23)30)25(28(34)29(32)35)27(33)22-15-13-21(3)14-16-22/h8-9,11-16,26,29,33,35H,4-7,10,17-20H2,1-3H3/t26-,29+/m0/s1. The summed E-state index contributed by atoms with van der Waals surface area (Å²) in [5.41, 5.74) is 1.81. The number of nitrogens with zero attached hydrogens (tertiary/aromatic N) is 2. The normalized spacial score (nSPS) is 20.1. The molecule has 0 unspecified atom stereocenters. The Morgan fingerprint density at radius 1 is 0.971 bits per heavy atom. The highest BCUT2D eigenvalue weighted by molar-refractivity contribution is 6.07. The van der Waals surface area contributed by atoms with Gasteiger partial charge in [-0.05, 0) is 51.9 Å². The molecule has 0 spiro atoms. The summed E-state index contributed by atoms with van der Waals surface area (Å²) in [7, 11) is 0. The number of likely N-dealkylation sites (tertiary alicyclic amines) is 1. The van der Waals surface area contributed by atoms with E-state index in [-0.39, 0.29) is 16.9 Å². The van der Waals surface area contributed by atoms with Gasteiger partial charge in [-0.25, -0.2) is 4.39 Å². The molecule has 0 bridgehead atoms. The Hall–Kier alpha value is -2.54. The Balaban J connectivity index is 1.91. The first-order chi connectivity index (χ1) is 16.9. The maximum atomic E-state index is 15.0. The van der Waals surface area contributed by atoms with Crippen molar-refractivity contribution in [2.75, 3.05) is 26.2 Å². The number of aliphatic hydroxyl groups is 2. The van der Waals surface area contributed by atoms with Gasteiger partial charge >= 0.3 is 0 Å². The number of unbranched alkanes of at least 4 members (excludes halogenated alkanes) is 2. The second-order valence-corrected chi connectivity index (χ2v) is 9.43. The third-order valence-corrected chi connectivity index (χ3v) is 6.75. The fraction of sp³-hybridized carbons (Fsp3) is 0.483. The summed E-state index contributed by atoms with van der Waals surface area (Å²) in [6.07, 6.45) is 3.81. The fourth-order valence-electron chi connectivity index (χ4n) is 4.70. The largest absolute Gasteiger partial charge is 0.507 e. The van der Waals surface area contributed by atoms with Crippen molar-refractivity contribution in [3.05, 3.63) is 76.6 Å². The van der Waals surface area contributed by atoms with Gasteiger partial charge in [-0.1, -0.05) is 74.7 Å². The molecular weight excluding hydrogens is 443 g/mol. The number of hydrogen-bond donors (Lipinski definition) is 2. The zero-order chi connectivity index (χ0) is 25.4. The van der Waals surface area contributed by atoms with Crippen LogP contribution in [0.15, 0.2) is 54.1 Å². The molecule has 2 aromatic rings. The summed E-state index contributed by atoms with van der Waals surface area (Å²) in [6, 6.07) is 12.6. The molecule has 0 amide bonds. The Labute approximate surface area is 208 Å². The van der Waals surface area contributed by atoms with Crippen LogP contribution in [-0.4, -0.2) is 58.2 Å². The predicted molar refractivity (Wildman–Crippen MR) is 138 cm³/mol. The van der Waals surface area contributed by atoms with Crippen molar-refractivity contribution in [2.45, 2.75) is 65.1 Å². The van der Waals surface area contributed by atoms with E-state index in [1.807, 2.05) is 19.1 Å². The fourth-order valence-corrected chi connectivity index (χ4v) is 4.70. The van der Waals surface area contributed by atoms with Crippen LogP contribution in [0.4, 0.5) is 4.39 Å². The molecule has 190 valence electrons. The van der Waals surface area contributed by atoms with E-state index in [0.29, 0.717) is 12.1 Å². The van der Waals surface area contributed by atoms with E-state index in [1.165, 1.54) is 6.07 Å². The molecule has 1 fully saturated rings. The van der Waals surface area contributed by atoms with Crippen LogP contribution >= 0.6 is 0 Å². The molecule has 1 aliphatic heterocycles. The van der Waals surface area contributed by atoms with Crippen molar-refractivity contribution in [3.63, 3.8) is 0 Å². The highest BCUT2D eigenvalue weighted by Gasteiger charge is 2.46. The van der Waals surface area contributed by atoms with E-state index < -0.39 is 23.9 Å². The molecule has 2 atom stereocenters. The second-order valence-electron chi connectivity index (χ2n) is 9.43. The van der Waals surface area contributed by atoms with Gasteiger partial charge in [0.15, 0.2) is 6.23 Å². The number of hydrogen-bond acceptors (Lipinski definition) is 5. The number of rotatable bonds is 12. The van der Waals surface area contributed by atoms with Crippen LogP contribution in [0.25, 0.3) is 5.76 Å². The molecule has 1 heterocycles. The van der Waals surface area contributed by atoms with Crippen molar-refractivity contribution < 1.29 is 19.4 Å². The van der Waals surface area contributed by atoms with E-state index >= 15 is 0 Å². The summed E-state index contributed by atoms with van der Waals surface area (Å²) in [5, 5.41) is 22.1. The molecule has 2 N–H and O–H groups in total. The van der Waals surface area contributed by atoms with Crippen LogP contribution in [0.1, 0.15) is 68.7 Å². The minimum Gasteiger partial charge on any atom is -0.507 e. The van der Waals surface area contributed by atoms with Crippen molar-refractivity contribution in [1.29, 1.82) is 0 Å². The van der Waals surface area contributed by atoms with Gasteiger partial charge in [-0.3, -0.25) is 9.69 Å². The quantitative estimate of drug-likeness (QED) is 0.303. The van der Waals surface area contributed by atoms with Crippen LogP contribution in [0, 0.1) is 12.7 Å². The Bertz CT molecular complexity index is 997. The molecule has 2 aromatic carbocycles. The lowest BCUT2D eigenvalue weighted by atomic mass is 9.94. The summed E-state index contributed by atoms with van der Waals surface area (Å²) < 4.78 is 15.0. The minimum absolute atomic E-state index is 0.0419. The maximum Gasteiger partial charge on any atom is 0.208 e. The summed E-state index contributed by atoms with van der Waals surface area (Å²) >= 11 is 0. The predicted octanol–water partition coefficient (Wildman–Crippen LogP) is 5.64. The van der Waals surface area contributed by atoms with Gasteiger partial charge in [-0.2, -0.15) is 0 Å².